The second-order valence-corrected chi connectivity index (χ2v) is 3.48. The Hall–Kier alpha value is -0.770. The molecule has 0 fully saturated rings. The molecular weight excluding hydrogens is 180 g/mol. The Balaban J connectivity index is 3.92. The molecule has 0 radical (unpaired) electrons. The van der Waals surface area contributed by atoms with E-state index in [0.717, 1.165) is 0 Å². The van der Waals surface area contributed by atoms with Gasteiger partial charge in [-0.3, -0.25) is 9.59 Å². The molecule has 0 atom stereocenters. The third kappa shape index (κ3) is 4.96. The molecule has 0 saturated heterocycles. The summed E-state index contributed by atoms with van der Waals surface area (Å²) in [6.07, 6.45) is -0.291. The summed E-state index contributed by atoms with van der Waals surface area (Å²) in [5, 5.41) is 2.57. The van der Waals surface area contributed by atoms with Crippen molar-refractivity contribution >= 4 is 23.4 Å². The maximum absolute atomic E-state index is 11.0. The molecule has 0 aromatic carbocycles. The van der Waals surface area contributed by atoms with Crippen molar-refractivity contribution in [3.8, 4) is 0 Å². The van der Waals surface area contributed by atoms with Crippen LogP contribution >= 0.6 is 11.6 Å². The number of nitrogens with one attached hydrogen (secondary N) is 1. The lowest BCUT2D eigenvalue weighted by atomic mass is 10.1. The fourth-order valence-corrected chi connectivity index (χ4v) is 0.680. The first kappa shape index (κ1) is 11.2. The van der Waals surface area contributed by atoms with Crippen LogP contribution in [0.15, 0.2) is 0 Å². The van der Waals surface area contributed by atoms with E-state index in [1.54, 1.807) is 13.8 Å². The van der Waals surface area contributed by atoms with Crippen molar-refractivity contribution in [2.75, 3.05) is 5.88 Å². The number of rotatable bonds is 4. The molecule has 0 aromatic rings. The highest BCUT2D eigenvalue weighted by atomic mass is 35.5. The van der Waals surface area contributed by atoms with E-state index in [-0.39, 0.29) is 12.3 Å². The second kappa shape index (κ2) is 4.30. The predicted molar refractivity (Wildman–Crippen MR) is 46.8 cm³/mol. The van der Waals surface area contributed by atoms with Crippen molar-refractivity contribution in [3.05, 3.63) is 0 Å². The van der Waals surface area contributed by atoms with Gasteiger partial charge in [-0.2, -0.15) is 0 Å². The molecule has 0 rings (SSSR count). The summed E-state index contributed by atoms with van der Waals surface area (Å²) in [6.45, 7) is 3.53. The minimum Gasteiger partial charge on any atom is -0.369 e. The van der Waals surface area contributed by atoms with Crippen molar-refractivity contribution in [3.63, 3.8) is 0 Å². The van der Waals surface area contributed by atoms with Gasteiger partial charge in [0.2, 0.25) is 11.8 Å². The lowest BCUT2D eigenvalue weighted by molar-refractivity contribution is -0.128. The van der Waals surface area contributed by atoms with Gasteiger partial charge in [-0.1, -0.05) is 0 Å². The molecule has 70 valence electrons. The van der Waals surface area contributed by atoms with Gasteiger partial charge < -0.3 is 11.1 Å². The number of carbonyl (C=O) groups is 2. The zero-order valence-electron chi connectivity index (χ0n) is 7.19. The van der Waals surface area contributed by atoms with E-state index in [4.69, 9.17) is 17.3 Å². The molecule has 5 heteroatoms. The monoisotopic (exact) mass is 192 g/mol. The van der Waals surface area contributed by atoms with Crippen LogP contribution in [0.2, 0.25) is 0 Å². The van der Waals surface area contributed by atoms with Crippen LogP contribution in [0, 0.1) is 0 Å². The van der Waals surface area contributed by atoms with Gasteiger partial charge in [-0.05, 0) is 13.8 Å². The number of carbonyl (C=O) groups excluding carboxylic acids is 2. The molecule has 0 spiro atoms. The van der Waals surface area contributed by atoms with Crippen LogP contribution in [0.25, 0.3) is 0 Å². The number of alkyl halides is 1. The number of halogens is 1. The number of amides is 2. The van der Waals surface area contributed by atoms with E-state index in [1.165, 1.54) is 0 Å². The SMILES string of the molecule is CC(C)(CCl)NC(=O)CC(N)=O. The lowest BCUT2D eigenvalue weighted by Crippen LogP contribution is -2.45. The van der Waals surface area contributed by atoms with Gasteiger partial charge in [0, 0.05) is 11.4 Å². The molecule has 12 heavy (non-hydrogen) atoms. The summed E-state index contributed by atoms with van der Waals surface area (Å²) >= 11 is 5.54. The molecule has 0 heterocycles. The van der Waals surface area contributed by atoms with Gasteiger partial charge in [0.1, 0.15) is 6.42 Å². The molecule has 0 aliphatic heterocycles. The average molecular weight is 193 g/mol. The fraction of sp³-hybridized carbons (Fsp3) is 0.714. The number of nitrogens with two attached hydrogens (primary N) is 1. The average Bonchev–Trinajstić information content (AvgIpc) is 1.84. The maximum Gasteiger partial charge on any atom is 0.229 e. The van der Waals surface area contributed by atoms with Crippen LogP contribution in [0.1, 0.15) is 20.3 Å². The van der Waals surface area contributed by atoms with Gasteiger partial charge >= 0.3 is 0 Å². The first-order valence-corrected chi connectivity index (χ1v) is 4.06. The molecule has 0 saturated carbocycles. The largest absolute Gasteiger partial charge is 0.369 e. The first-order valence-electron chi connectivity index (χ1n) is 3.52. The van der Waals surface area contributed by atoms with Crippen LogP contribution in [-0.2, 0) is 9.59 Å². The van der Waals surface area contributed by atoms with Gasteiger partial charge in [0.25, 0.3) is 0 Å². The Morgan fingerprint density at radius 2 is 2.00 bits per heavy atom. The van der Waals surface area contributed by atoms with Crippen LogP contribution in [-0.4, -0.2) is 23.2 Å². The van der Waals surface area contributed by atoms with Gasteiger partial charge in [0.15, 0.2) is 0 Å². The summed E-state index contributed by atoms with van der Waals surface area (Å²) in [6, 6.07) is 0. The van der Waals surface area contributed by atoms with Crippen LogP contribution in [0.3, 0.4) is 0 Å². The standard InChI is InChI=1S/C7H13ClN2O2/c1-7(2,4-8)10-6(12)3-5(9)11/h3-4H2,1-2H3,(H2,9,11)(H,10,12). The van der Waals surface area contributed by atoms with Crippen LogP contribution < -0.4 is 11.1 Å². The summed E-state index contributed by atoms with van der Waals surface area (Å²) in [7, 11) is 0. The van der Waals surface area contributed by atoms with E-state index in [1.807, 2.05) is 0 Å². The fourth-order valence-electron chi connectivity index (χ4n) is 0.613. The van der Waals surface area contributed by atoms with E-state index < -0.39 is 17.4 Å². The molecule has 0 aromatic heterocycles. The summed E-state index contributed by atoms with van der Waals surface area (Å²) < 4.78 is 0. The highest BCUT2D eigenvalue weighted by Crippen LogP contribution is 2.04. The van der Waals surface area contributed by atoms with E-state index in [0.29, 0.717) is 0 Å². The minimum atomic E-state index is -0.641. The van der Waals surface area contributed by atoms with Crippen molar-refractivity contribution in [1.82, 2.24) is 5.32 Å². The molecule has 0 bridgehead atoms. The normalized spacial score (nSPS) is 10.9. The Labute approximate surface area is 76.4 Å². The van der Waals surface area contributed by atoms with Crippen molar-refractivity contribution < 1.29 is 9.59 Å². The van der Waals surface area contributed by atoms with Gasteiger partial charge in [-0.15, -0.1) is 11.6 Å². The highest BCUT2D eigenvalue weighted by molar-refractivity contribution is 6.18. The Kier molecular flexibility index (Phi) is 4.03. The molecule has 0 aliphatic carbocycles. The first-order chi connectivity index (χ1) is 5.37. The number of hydrogen-bond donors (Lipinski definition) is 2. The van der Waals surface area contributed by atoms with Crippen molar-refractivity contribution in [2.45, 2.75) is 25.8 Å². The van der Waals surface area contributed by atoms with E-state index in [9.17, 15) is 9.59 Å². The smallest absolute Gasteiger partial charge is 0.229 e. The minimum absolute atomic E-state index is 0.289. The lowest BCUT2D eigenvalue weighted by Gasteiger charge is -2.22. The molecule has 4 nitrogen and oxygen atoms in total. The highest BCUT2D eigenvalue weighted by Gasteiger charge is 2.19. The molecule has 0 unspecified atom stereocenters. The molecular formula is C7H13ClN2O2. The molecule has 3 N–H and O–H groups in total. The number of hydrogen-bond acceptors (Lipinski definition) is 2. The van der Waals surface area contributed by atoms with Crippen LogP contribution in [0.5, 0.6) is 0 Å². The zero-order chi connectivity index (χ0) is 9.78. The van der Waals surface area contributed by atoms with Crippen LogP contribution in [0.4, 0.5) is 0 Å². The van der Waals surface area contributed by atoms with E-state index >= 15 is 0 Å². The summed E-state index contributed by atoms with van der Waals surface area (Å²) in [4.78, 5) is 21.3. The Bertz CT molecular complexity index is 192. The summed E-state index contributed by atoms with van der Waals surface area (Å²) in [5.41, 5.74) is 4.33. The topological polar surface area (TPSA) is 72.2 Å². The molecule has 0 aliphatic rings. The van der Waals surface area contributed by atoms with Gasteiger partial charge in [0.05, 0.1) is 0 Å². The maximum atomic E-state index is 11.0. The van der Waals surface area contributed by atoms with Gasteiger partial charge in [-0.25, -0.2) is 0 Å². The third-order valence-corrected chi connectivity index (χ3v) is 1.81. The third-order valence-electron chi connectivity index (χ3n) is 1.15. The predicted octanol–water partition coefficient (Wildman–Crippen LogP) is -0.00460. The summed E-state index contributed by atoms with van der Waals surface area (Å²) in [5.74, 6) is -0.747. The Morgan fingerprint density at radius 1 is 1.50 bits per heavy atom. The van der Waals surface area contributed by atoms with Crippen molar-refractivity contribution in [1.29, 1.82) is 0 Å². The number of primary amides is 1. The quantitative estimate of drug-likeness (QED) is 0.486. The Morgan fingerprint density at radius 3 is 2.33 bits per heavy atom. The van der Waals surface area contributed by atoms with Crippen molar-refractivity contribution in [2.24, 2.45) is 5.73 Å². The molecule has 2 amide bonds. The zero-order valence-corrected chi connectivity index (χ0v) is 7.94. The van der Waals surface area contributed by atoms with E-state index in [2.05, 4.69) is 5.32 Å². The second-order valence-electron chi connectivity index (χ2n) is 3.21.